The third kappa shape index (κ3) is 3.54. The summed E-state index contributed by atoms with van der Waals surface area (Å²) >= 11 is 0. The van der Waals surface area contributed by atoms with Gasteiger partial charge in [0.15, 0.2) is 0 Å². The second-order valence-electron chi connectivity index (χ2n) is 4.36. The predicted molar refractivity (Wildman–Crippen MR) is 73.2 cm³/mol. The second kappa shape index (κ2) is 6.14. The van der Waals surface area contributed by atoms with Crippen LogP contribution in [0.5, 0.6) is 0 Å². The van der Waals surface area contributed by atoms with E-state index in [1.807, 2.05) is 0 Å². The van der Waals surface area contributed by atoms with Gasteiger partial charge in [0.1, 0.15) is 11.6 Å². The molecule has 3 nitrogen and oxygen atoms in total. The van der Waals surface area contributed by atoms with E-state index in [4.69, 9.17) is 5.73 Å². The van der Waals surface area contributed by atoms with Crippen molar-refractivity contribution in [2.75, 3.05) is 12.3 Å². The molecule has 0 aromatic heterocycles. The van der Waals surface area contributed by atoms with Crippen LogP contribution in [-0.2, 0) is 6.42 Å². The van der Waals surface area contributed by atoms with Crippen LogP contribution in [0.4, 0.5) is 14.5 Å². The fourth-order valence-corrected chi connectivity index (χ4v) is 1.81. The van der Waals surface area contributed by atoms with Gasteiger partial charge in [-0.15, -0.1) is 0 Å². The molecule has 2 aromatic carbocycles. The molecule has 5 heteroatoms. The fourth-order valence-electron chi connectivity index (χ4n) is 1.81. The number of anilines is 1. The van der Waals surface area contributed by atoms with Gasteiger partial charge < -0.3 is 11.1 Å². The Balaban J connectivity index is 1.90. The van der Waals surface area contributed by atoms with Crippen LogP contribution in [0, 0.1) is 11.6 Å². The molecule has 0 bridgehead atoms. The van der Waals surface area contributed by atoms with E-state index in [-0.39, 0.29) is 23.0 Å². The molecule has 0 unspecified atom stereocenters. The van der Waals surface area contributed by atoms with E-state index >= 15 is 0 Å². The lowest BCUT2D eigenvalue weighted by molar-refractivity contribution is 0.0955. The van der Waals surface area contributed by atoms with Gasteiger partial charge in [-0.3, -0.25) is 4.79 Å². The first kappa shape index (κ1) is 14.0. The third-order valence-corrected chi connectivity index (χ3v) is 2.87. The molecule has 0 aliphatic carbocycles. The zero-order chi connectivity index (χ0) is 14.5. The van der Waals surface area contributed by atoms with E-state index in [2.05, 4.69) is 5.32 Å². The highest BCUT2D eigenvalue weighted by Crippen LogP contribution is 2.13. The van der Waals surface area contributed by atoms with Gasteiger partial charge in [0.05, 0.1) is 5.56 Å². The predicted octanol–water partition coefficient (Wildman–Crippen LogP) is 2.52. The van der Waals surface area contributed by atoms with Crippen molar-refractivity contribution >= 4 is 11.6 Å². The molecule has 0 fully saturated rings. The summed E-state index contributed by atoms with van der Waals surface area (Å²) in [5.41, 5.74) is 6.84. The van der Waals surface area contributed by atoms with Gasteiger partial charge >= 0.3 is 0 Å². The molecule has 0 radical (unpaired) electrons. The average Bonchev–Trinajstić information content (AvgIpc) is 2.41. The molecule has 0 saturated heterocycles. The molecule has 104 valence electrons. The van der Waals surface area contributed by atoms with Crippen molar-refractivity contribution < 1.29 is 13.6 Å². The normalized spacial score (nSPS) is 10.3. The zero-order valence-corrected chi connectivity index (χ0v) is 10.7. The van der Waals surface area contributed by atoms with E-state index in [0.717, 1.165) is 11.6 Å². The zero-order valence-electron chi connectivity index (χ0n) is 10.7. The minimum atomic E-state index is -0.481. The number of hydrogen-bond acceptors (Lipinski definition) is 2. The Morgan fingerprint density at radius 2 is 1.70 bits per heavy atom. The second-order valence-corrected chi connectivity index (χ2v) is 4.36. The number of nitrogens with two attached hydrogens (primary N) is 1. The third-order valence-electron chi connectivity index (χ3n) is 2.87. The molecule has 0 spiro atoms. The van der Waals surface area contributed by atoms with Gasteiger partial charge in [0.25, 0.3) is 5.91 Å². The maximum atomic E-state index is 12.9. The van der Waals surface area contributed by atoms with Crippen molar-refractivity contribution in [2.45, 2.75) is 6.42 Å². The average molecular weight is 276 g/mol. The molecule has 0 saturated carbocycles. The van der Waals surface area contributed by atoms with Crippen LogP contribution in [0.15, 0.2) is 42.5 Å². The van der Waals surface area contributed by atoms with Crippen molar-refractivity contribution in [1.29, 1.82) is 0 Å². The van der Waals surface area contributed by atoms with Crippen LogP contribution < -0.4 is 11.1 Å². The van der Waals surface area contributed by atoms with E-state index < -0.39 is 5.82 Å². The van der Waals surface area contributed by atoms with Gasteiger partial charge in [-0.2, -0.15) is 0 Å². The Morgan fingerprint density at radius 3 is 2.35 bits per heavy atom. The number of nitrogens with one attached hydrogen (secondary N) is 1. The largest absolute Gasteiger partial charge is 0.398 e. The molecular weight excluding hydrogens is 262 g/mol. The Bertz CT molecular complexity index is 612. The minimum Gasteiger partial charge on any atom is -0.398 e. The van der Waals surface area contributed by atoms with E-state index in [1.54, 1.807) is 12.1 Å². The highest BCUT2D eigenvalue weighted by atomic mass is 19.1. The van der Waals surface area contributed by atoms with Gasteiger partial charge in [0, 0.05) is 12.2 Å². The maximum Gasteiger partial charge on any atom is 0.253 e. The smallest absolute Gasteiger partial charge is 0.253 e. The Hall–Kier alpha value is -2.43. The number of halogens is 2. The van der Waals surface area contributed by atoms with Crippen LogP contribution in [0.2, 0.25) is 0 Å². The van der Waals surface area contributed by atoms with Crippen LogP contribution in [0.1, 0.15) is 15.9 Å². The van der Waals surface area contributed by atoms with Gasteiger partial charge in [-0.1, -0.05) is 12.1 Å². The number of nitrogen functional groups attached to an aromatic ring is 1. The first-order valence-corrected chi connectivity index (χ1v) is 6.14. The van der Waals surface area contributed by atoms with E-state index in [1.165, 1.54) is 24.3 Å². The van der Waals surface area contributed by atoms with Crippen LogP contribution in [0.3, 0.4) is 0 Å². The number of hydrogen-bond donors (Lipinski definition) is 2. The van der Waals surface area contributed by atoms with Crippen LogP contribution in [0.25, 0.3) is 0 Å². The number of benzene rings is 2. The molecule has 0 aliphatic heterocycles. The van der Waals surface area contributed by atoms with Gasteiger partial charge in [-0.25, -0.2) is 8.78 Å². The standard InChI is InChI=1S/C15H14F2N2O/c16-11-3-1-10(2-4-11)7-8-19-15(20)13-6-5-12(17)9-14(13)18/h1-6,9H,7-8,18H2,(H,19,20). The first-order chi connectivity index (χ1) is 9.56. The Labute approximate surface area is 115 Å². The SMILES string of the molecule is Nc1cc(F)ccc1C(=O)NCCc1ccc(F)cc1. The lowest BCUT2D eigenvalue weighted by Crippen LogP contribution is -2.26. The van der Waals surface area contributed by atoms with Crippen LogP contribution in [-0.4, -0.2) is 12.5 Å². The molecular formula is C15H14F2N2O. The van der Waals surface area contributed by atoms with Crippen LogP contribution >= 0.6 is 0 Å². The molecule has 1 amide bonds. The molecule has 2 rings (SSSR count). The van der Waals surface area contributed by atoms with E-state index in [0.29, 0.717) is 13.0 Å². The Morgan fingerprint density at radius 1 is 1.05 bits per heavy atom. The van der Waals surface area contributed by atoms with E-state index in [9.17, 15) is 13.6 Å². The summed E-state index contributed by atoms with van der Waals surface area (Å²) in [4.78, 5) is 11.8. The summed E-state index contributed by atoms with van der Waals surface area (Å²) < 4.78 is 25.6. The summed E-state index contributed by atoms with van der Waals surface area (Å²) in [6, 6.07) is 9.70. The summed E-state index contributed by atoms with van der Waals surface area (Å²) in [6.45, 7) is 0.390. The summed E-state index contributed by atoms with van der Waals surface area (Å²) in [7, 11) is 0. The molecule has 3 N–H and O–H groups in total. The quantitative estimate of drug-likeness (QED) is 0.843. The molecule has 0 heterocycles. The highest BCUT2D eigenvalue weighted by molar-refractivity contribution is 5.99. The monoisotopic (exact) mass is 276 g/mol. The lowest BCUT2D eigenvalue weighted by Gasteiger charge is -2.07. The van der Waals surface area contributed by atoms with Crippen molar-refractivity contribution in [3.8, 4) is 0 Å². The van der Waals surface area contributed by atoms with Crippen molar-refractivity contribution in [3.05, 3.63) is 65.2 Å². The van der Waals surface area contributed by atoms with Crippen molar-refractivity contribution in [3.63, 3.8) is 0 Å². The molecule has 0 atom stereocenters. The summed E-state index contributed by atoms with van der Waals surface area (Å²) in [5.74, 6) is -1.13. The summed E-state index contributed by atoms with van der Waals surface area (Å²) in [5, 5.41) is 2.69. The van der Waals surface area contributed by atoms with Crippen molar-refractivity contribution in [2.24, 2.45) is 0 Å². The van der Waals surface area contributed by atoms with Crippen molar-refractivity contribution in [1.82, 2.24) is 5.32 Å². The Kier molecular flexibility index (Phi) is 4.30. The highest BCUT2D eigenvalue weighted by Gasteiger charge is 2.09. The molecule has 0 aliphatic rings. The minimum absolute atomic E-state index is 0.101. The first-order valence-electron chi connectivity index (χ1n) is 6.14. The number of carbonyl (C=O) groups is 1. The lowest BCUT2D eigenvalue weighted by atomic mass is 10.1. The fraction of sp³-hybridized carbons (Fsp3) is 0.133. The maximum absolute atomic E-state index is 12.9. The topological polar surface area (TPSA) is 55.1 Å². The molecule has 20 heavy (non-hydrogen) atoms. The van der Waals surface area contributed by atoms with Gasteiger partial charge in [-0.05, 0) is 42.3 Å². The molecule has 2 aromatic rings. The summed E-state index contributed by atoms with van der Waals surface area (Å²) in [6.07, 6.45) is 0.577. The number of carbonyl (C=O) groups excluding carboxylic acids is 1. The number of rotatable bonds is 4. The number of amides is 1. The van der Waals surface area contributed by atoms with Gasteiger partial charge in [0.2, 0.25) is 0 Å².